The summed E-state index contributed by atoms with van der Waals surface area (Å²) in [6.45, 7) is 6.86. The fourth-order valence-electron chi connectivity index (χ4n) is 4.33. The Kier molecular flexibility index (Phi) is 6.21. The number of benzene rings is 1. The minimum Gasteiger partial charge on any atom is -0.343 e. The van der Waals surface area contributed by atoms with Gasteiger partial charge in [0.1, 0.15) is 0 Å². The normalized spacial score (nSPS) is 17.2. The molecule has 160 valence electrons. The lowest BCUT2D eigenvalue weighted by Crippen LogP contribution is -2.37. The van der Waals surface area contributed by atoms with Crippen LogP contribution in [0, 0.1) is 5.92 Å². The number of aryl methyl sites for hydroxylation is 1. The van der Waals surface area contributed by atoms with E-state index in [1.54, 1.807) is 17.8 Å². The molecule has 0 unspecified atom stereocenters. The first-order valence-corrected chi connectivity index (χ1v) is 11.2. The zero-order valence-corrected chi connectivity index (χ0v) is 18.1. The van der Waals surface area contributed by atoms with Crippen LogP contribution in [0.2, 0.25) is 0 Å². The van der Waals surface area contributed by atoms with E-state index in [1.165, 1.54) is 11.1 Å². The first-order valence-electron chi connectivity index (χ1n) is 11.2. The van der Waals surface area contributed by atoms with Gasteiger partial charge in [-0.3, -0.25) is 14.3 Å². The third kappa shape index (κ3) is 4.91. The molecule has 6 heteroatoms. The Morgan fingerprint density at radius 3 is 2.30 bits per heavy atom. The number of hydrogen-bond acceptors (Lipinski definition) is 3. The average Bonchev–Trinajstić information content (AvgIpc) is 3.49. The number of nitrogens with zero attached hydrogens (tertiary/aromatic N) is 4. The van der Waals surface area contributed by atoms with Crippen molar-refractivity contribution in [2.24, 2.45) is 5.92 Å². The maximum absolute atomic E-state index is 13.0. The maximum atomic E-state index is 13.0. The van der Waals surface area contributed by atoms with Gasteiger partial charge >= 0.3 is 0 Å². The summed E-state index contributed by atoms with van der Waals surface area (Å²) in [7, 11) is 0. The van der Waals surface area contributed by atoms with Crippen molar-refractivity contribution < 1.29 is 9.59 Å². The second kappa shape index (κ2) is 9.02. The van der Waals surface area contributed by atoms with Gasteiger partial charge in [0.25, 0.3) is 5.91 Å². The number of piperidine rings is 1. The van der Waals surface area contributed by atoms with Crippen LogP contribution in [0.15, 0.2) is 36.7 Å². The van der Waals surface area contributed by atoms with Crippen LogP contribution in [0.5, 0.6) is 0 Å². The zero-order chi connectivity index (χ0) is 21.1. The van der Waals surface area contributed by atoms with Gasteiger partial charge in [-0.15, -0.1) is 0 Å². The van der Waals surface area contributed by atoms with Crippen LogP contribution >= 0.6 is 0 Å². The lowest BCUT2D eigenvalue weighted by Gasteiger charge is -2.31. The highest BCUT2D eigenvalue weighted by Crippen LogP contribution is 2.30. The topological polar surface area (TPSA) is 58.4 Å². The molecule has 1 aliphatic heterocycles. The molecule has 1 saturated heterocycles. The van der Waals surface area contributed by atoms with Crippen molar-refractivity contribution in [3.63, 3.8) is 0 Å². The fourth-order valence-corrected chi connectivity index (χ4v) is 4.33. The molecule has 0 bridgehead atoms. The number of carbonyl (C=O) groups excluding carboxylic acids is 2. The van der Waals surface area contributed by atoms with Crippen LogP contribution in [0.4, 0.5) is 0 Å². The smallest absolute Gasteiger partial charge is 0.257 e. The molecule has 2 fully saturated rings. The van der Waals surface area contributed by atoms with Crippen molar-refractivity contribution in [3.8, 4) is 0 Å². The minimum absolute atomic E-state index is 0.0820. The molecule has 0 spiro atoms. The number of carbonyl (C=O) groups is 2. The average molecular weight is 409 g/mol. The Hall–Kier alpha value is -2.63. The molecule has 30 heavy (non-hydrogen) atoms. The molecule has 1 saturated carbocycles. The second-order valence-electron chi connectivity index (χ2n) is 8.72. The number of rotatable bonds is 7. The number of aromatic nitrogens is 2. The molecule has 1 aromatic carbocycles. The van der Waals surface area contributed by atoms with Gasteiger partial charge in [-0.25, -0.2) is 0 Å². The fraction of sp³-hybridized carbons (Fsp3) is 0.542. The molecule has 0 atom stereocenters. The highest BCUT2D eigenvalue weighted by atomic mass is 16.2. The number of amides is 2. The molecular formula is C24H32N4O2. The van der Waals surface area contributed by atoms with Crippen LogP contribution in [-0.4, -0.2) is 50.5 Å². The van der Waals surface area contributed by atoms with E-state index in [4.69, 9.17) is 0 Å². The molecule has 2 aromatic rings. The summed E-state index contributed by atoms with van der Waals surface area (Å²) in [5, 5.41) is 4.25. The van der Waals surface area contributed by atoms with Gasteiger partial charge in [-0.05, 0) is 56.1 Å². The summed E-state index contributed by atoms with van der Waals surface area (Å²) in [5.41, 5.74) is 3.19. The third-order valence-electron chi connectivity index (χ3n) is 6.41. The van der Waals surface area contributed by atoms with Crippen molar-refractivity contribution in [1.82, 2.24) is 19.6 Å². The molecule has 0 N–H and O–H groups in total. The molecule has 6 nitrogen and oxygen atoms in total. The zero-order valence-electron chi connectivity index (χ0n) is 18.1. The van der Waals surface area contributed by atoms with Crippen molar-refractivity contribution in [2.75, 3.05) is 13.1 Å². The lowest BCUT2D eigenvalue weighted by molar-refractivity contribution is -0.130. The highest BCUT2D eigenvalue weighted by molar-refractivity contribution is 5.94. The Labute approximate surface area is 178 Å². The van der Waals surface area contributed by atoms with Crippen molar-refractivity contribution in [3.05, 3.63) is 53.3 Å². The Bertz CT molecular complexity index is 877. The molecule has 1 aliphatic carbocycles. The summed E-state index contributed by atoms with van der Waals surface area (Å²) < 4.78 is 1.80. The van der Waals surface area contributed by atoms with E-state index in [0.717, 1.165) is 51.7 Å². The summed E-state index contributed by atoms with van der Waals surface area (Å²) in [6, 6.07) is 9.10. The molecule has 0 radical (unpaired) electrons. The van der Waals surface area contributed by atoms with Crippen molar-refractivity contribution >= 4 is 11.8 Å². The van der Waals surface area contributed by atoms with Crippen molar-refractivity contribution in [2.45, 2.75) is 65.1 Å². The van der Waals surface area contributed by atoms with E-state index >= 15 is 0 Å². The largest absolute Gasteiger partial charge is 0.343 e. The third-order valence-corrected chi connectivity index (χ3v) is 6.41. The van der Waals surface area contributed by atoms with Crippen LogP contribution in [-0.2, 0) is 24.3 Å². The number of likely N-dealkylation sites (tertiary alicyclic amines) is 1. The van der Waals surface area contributed by atoms with Crippen LogP contribution in [0.3, 0.4) is 0 Å². The predicted molar refractivity (Wildman–Crippen MR) is 116 cm³/mol. The lowest BCUT2D eigenvalue weighted by atomic mass is 9.90. The Balaban J connectivity index is 1.35. The molecular weight excluding hydrogens is 376 g/mol. The molecule has 2 aliphatic rings. The van der Waals surface area contributed by atoms with Gasteiger partial charge in [0, 0.05) is 45.3 Å². The minimum atomic E-state index is 0.0820. The van der Waals surface area contributed by atoms with Gasteiger partial charge < -0.3 is 9.80 Å². The van der Waals surface area contributed by atoms with Gasteiger partial charge in [0.2, 0.25) is 5.91 Å². The van der Waals surface area contributed by atoms with E-state index in [1.807, 2.05) is 22.9 Å². The predicted octanol–water partition coefficient (Wildman–Crippen LogP) is 3.51. The quantitative estimate of drug-likeness (QED) is 0.704. The summed E-state index contributed by atoms with van der Waals surface area (Å²) >= 11 is 0. The summed E-state index contributed by atoms with van der Waals surface area (Å²) in [4.78, 5) is 28.5. The second-order valence-corrected chi connectivity index (χ2v) is 8.72. The monoisotopic (exact) mass is 408 g/mol. The van der Waals surface area contributed by atoms with Crippen LogP contribution < -0.4 is 0 Å². The van der Waals surface area contributed by atoms with E-state index in [0.29, 0.717) is 24.1 Å². The first-order chi connectivity index (χ1) is 14.5. The summed E-state index contributed by atoms with van der Waals surface area (Å²) in [5.74, 6) is 0.916. The molecule has 1 aromatic heterocycles. The van der Waals surface area contributed by atoms with Gasteiger partial charge in [0.05, 0.1) is 11.8 Å². The van der Waals surface area contributed by atoms with E-state index in [2.05, 4.69) is 29.4 Å². The first kappa shape index (κ1) is 20.6. The number of hydrogen-bond donors (Lipinski definition) is 0. The van der Waals surface area contributed by atoms with Gasteiger partial charge in [-0.1, -0.05) is 24.3 Å². The molecule has 4 rings (SSSR count). The van der Waals surface area contributed by atoms with Gasteiger partial charge in [-0.2, -0.15) is 5.10 Å². The van der Waals surface area contributed by atoms with Crippen LogP contribution in [0.25, 0.3) is 0 Å². The highest BCUT2D eigenvalue weighted by Gasteiger charge is 2.33. The van der Waals surface area contributed by atoms with E-state index < -0.39 is 0 Å². The van der Waals surface area contributed by atoms with Crippen LogP contribution in [0.1, 0.15) is 61.0 Å². The maximum Gasteiger partial charge on any atom is 0.257 e. The molecule has 2 heterocycles. The van der Waals surface area contributed by atoms with E-state index in [9.17, 15) is 9.59 Å². The summed E-state index contributed by atoms with van der Waals surface area (Å²) in [6.07, 6.45) is 8.93. The Morgan fingerprint density at radius 1 is 1.07 bits per heavy atom. The molecule has 2 amide bonds. The SMILES string of the molecule is CCn1cc(C(=O)N(Cc2ccc(CC3CCN(C(C)=O)CC3)cc2)C2CC2)cn1. The van der Waals surface area contributed by atoms with E-state index in [-0.39, 0.29) is 11.8 Å². The Morgan fingerprint density at radius 2 is 1.73 bits per heavy atom. The van der Waals surface area contributed by atoms with Crippen molar-refractivity contribution in [1.29, 1.82) is 0 Å². The standard InChI is InChI=1S/C24H32N4O2/c1-3-27-17-22(15-25-27)24(30)28(23-8-9-23)16-21-6-4-19(5-7-21)14-20-10-12-26(13-11-20)18(2)29/h4-7,15,17,20,23H,3,8-14,16H2,1-2H3. The van der Waals surface area contributed by atoms with Gasteiger partial charge in [0.15, 0.2) is 0 Å².